The van der Waals surface area contributed by atoms with Crippen molar-refractivity contribution < 1.29 is 14.6 Å². The van der Waals surface area contributed by atoms with Crippen LogP contribution in [0.5, 0.6) is 0 Å². The van der Waals surface area contributed by atoms with E-state index in [1.165, 1.54) is 12.3 Å². The van der Waals surface area contributed by atoms with Gasteiger partial charge >= 0.3 is 5.97 Å². The molecule has 1 aromatic heterocycles. The third-order valence-corrected chi connectivity index (χ3v) is 3.51. The Morgan fingerprint density at radius 2 is 2.26 bits per heavy atom. The highest BCUT2D eigenvalue weighted by atomic mass is 16.5. The standard InChI is InChI=1S/C13H19N3O3/c1-8(9-2-4-19-5-3-9)16-12-6-10(13(17)18)11(14)7-15-12/h6-9H,2-5,14H2,1H3,(H,15,16)(H,17,18). The predicted octanol–water partition coefficient (Wildman–Crippen LogP) is 1.59. The number of anilines is 2. The molecule has 0 radical (unpaired) electrons. The number of pyridine rings is 1. The minimum Gasteiger partial charge on any atom is -0.478 e. The first-order valence-corrected chi connectivity index (χ1v) is 6.41. The lowest BCUT2D eigenvalue weighted by molar-refractivity contribution is 0.0622. The molecule has 0 amide bonds. The number of carboxylic acid groups (broad SMARTS) is 1. The van der Waals surface area contributed by atoms with Crippen LogP contribution in [-0.4, -0.2) is 35.3 Å². The molecule has 1 unspecified atom stereocenters. The molecule has 1 aliphatic heterocycles. The van der Waals surface area contributed by atoms with Gasteiger partial charge in [0.1, 0.15) is 5.82 Å². The zero-order chi connectivity index (χ0) is 13.8. The van der Waals surface area contributed by atoms with E-state index in [0.717, 1.165) is 26.1 Å². The number of hydrogen-bond acceptors (Lipinski definition) is 5. The van der Waals surface area contributed by atoms with Crippen LogP contribution in [0.4, 0.5) is 11.5 Å². The van der Waals surface area contributed by atoms with Gasteiger partial charge < -0.3 is 20.9 Å². The third kappa shape index (κ3) is 3.35. The summed E-state index contributed by atoms with van der Waals surface area (Å²) in [6, 6.07) is 1.70. The van der Waals surface area contributed by atoms with Crippen LogP contribution in [0.1, 0.15) is 30.1 Å². The van der Waals surface area contributed by atoms with Crippen LogP contribution in [-0.2, 0) is 4.74 Å². The molecule has 1 aliphatic rings. The Hall–Kier alpha value is -1.82. The van der Waals surface area contributed by atoms with E-state index < -0.39 is 5.97 Å². The summed E-state index contributed by atoms with van der Waals surface area (Å²) in [5.41, 5.74) is 5.83. The molecular formula is C13H19N3O3. The van der Waals surface area contributed by atoms with E-state index in [9.17, 15) is 4.79 Å². The maximum atomic E-state index is 11.0. The number of rotatable bonds is 4. The number of aromatic carboxylic acids is 1. The van der Waals surface area contributed by atoms with Crippen molar-refractivity contribution in [2.24, 2.45) is 5.92 Å². The number of nitrogen functional groups attached to an aromatic ring is 1. The van der Waals surface area contributed by atoms with Crippen molar-refractivity contribution in [2.45, 2.75) is 25.8 Å². The van der Waals surface area contributed by atoms with Gasteiger partial charge in [0, 0.05) is 19.3 Å². The molecule has 19 heavy (non-hydrogen) atoms. The zero-order valence-corrected chi connectivity index (χ0v) is 10.9. The van der Waals surface area contributed by atoms with Crippen molar-refractivity contribution in [1.29, 1.82) is 0 Å². The Morgan fingerprint density at radius 3 is 2.89 bits per heavy atom. The van der Waals surface area contributed by atoms with Gasteiger partial charge in [0.2, 0.25) is 0 Å². The van der Waals surface area contributed by atoms with Gasteiger partial charge in [-0.25, -0.2) is 9.78 Å². The normalized spacial score (nSPS) is 17.9. The summed E-state index contributed by atoms with van der Waals surface area (Å²) in [4.78, 5) is 15.1. The van der Waals surface area contributed by atoms with Crippen molar-refractivity contribution in [3.8, 4) is 0 Å². The van der Waals surface area contributed by atoms with Crippen molar-refractivity contribution in [3.63, 3.8) is 0 Å². The first-order chi connectivity index (χ1) is 9.08. The van der Waals surface area contributed by atoms with E-state index in [1.807, 2.05) is 0 Å². The quantitative estimate of drug-likeness (QED) is 0.764. The average Bonchev–Trinajstić information content (AvgIpc) is 2.41. The minimum absolute atomic E-state index is 0.0803. The van der Waals surface area contributed by atoms with Crippen molar-refractivity contribution >= 4 is 17.5 Å². The molecule has 104 valence electrons. The largest absolute Gasteiger partial charge is 0.478 e. The summed E-state index contributed by atoms with van der Waals surface area (Å²) < 4.78 is 5.33. The lowest BCUT2D eigenvalue weighted by Crippen LogP contribution is -2.31. The summed E-state index contributed by atoms with van der Waals surface area (Å²) >= 11 is 0. The number of carboxylic acids is 1. The van der Waals surface area contributed by atoms with Gasteiger partial charge in [-0.1, -0.05) is 0 Å². The molecule has 2 rings (SSSR count). The van der Waals surface area contributed by atoms with E-state index in [0.29, 0.717) is 11.7 Å². The summed E-state index contributed by atoms with van der Waals surface area (Å²) in [5, 5.41) is 12.3. The number of aromatic nitrogens is 1. The van der Waals surface area contributed by atoms with Gasteiger partial charge in [0.25, 0.3) is 0 Å². The molecule has 4 N–H and O–H groups in total. The Kier molecular flexibility index (Phi) is 4.21. The molecule has 0 aliphatic carbocycles. The fraction of sp³-hybridized carbons (Fsp3) is 0.538. The highest BCUT2D eigenvalue weighted by molar-refractivity contribution is 5.94. The monoisotopic (exact) mass is 265 g/mol. The summed E-state index contributed by atoms with van der Waals surface area (Å²) in [5.74, 6) is 0.0219. The Balaban J connectivity index is 2.05. The molecule has 0 aromatic carbocycles. The van der Waals surface area contributed by atoms with E-state index >= 15 is 0 Å². The van der Waals surface area contributed by atoms with Gasteiger partial charge in [-0.15, -0.1) is 0 Å². The molecule has 1 aromatic rings. The average molecular weight is 265 g/mol. The van der Waals surface area contributed by atoms with E-state index in [-0.39, 0.29) is 17.3 Å². The maximum absolute atomic E-state index is 11.0. The van der Waals surface area contributed by atoms with E-state index in [1.54, 1.807) is 0 Å². The second-order valence-corrected chi connectivity index (χ2v) is 4.84. The molecule has 0 saturated carbocycles. The lowest BCUT2D eigenvalue weighted by Gasteiger charge is -2.28. The third-order valence-electron chi connectivity index (χ3n) is 3.51. The number of nitrogens with zero attached hydrogens (tertiary/aromatic N) is 1. The van der Waals surface area contributed by atoms with Crippen LogP contribution in [0.3, 0.4) is 0 Å². The van der Waals surface area contributed by atoms with E-state index in [2.05, 4.69) is 17.2 Å². The highest BCUT2D eigenvalue weighted by Gasteiger charge is 2.21. The SMILES string of the molecule is CC(Nc1cc(C(=O)O)c(N)cn1)C1CCOCC1. The van der Waals surface area contributed by atoms with Crippen LogP contribution >= 0.6 is 0 Å². The van der Waals surface area contributed by atoms with Gasteiger partial charge in [-0.2, -0.15) is 0 Å². The van der Waals surface area contributed by atoms with Crippen LogP contribution < -0.4 is 11.1 Å². The molecule has 0 bridgehead atoms. The molecular weight excluding hydrogens is 246 g/mol. The fourth-order valence-electron chi connectivity index (χ4n) is 2.30. The number of ether oxygens (including phenoxy) is 1. The van der Waals surface area contributed by atoms with Crippen LogP contribution in [0, 0.1) is 5.92 Å². The van der Waals surface area contributed by atoms with Gasteiger partial charge in [0.15, 0.2) is 0 Å². The Morgan fingerprint density at radius 1 is 1.58 bits per heavy atom. The van der Waals surface area contributed by atoms with Gasteiger partial charge in [-0.05, 0) is 31.7 Å². The van der Waals surface area contributed by atoms with Crippen molar-refractivity contribution in [2.75, 3.05) is 24.3 Å². The van der Waals surface area contributed by atoms with Gasteiger partial charge in [-0.3, -0.25) is 0 Å². The predicted molar refractivity (Wildman–Crippen MR) is 72.2 cm³/mol. The van der Waals surface area contributed by atoms with Gasteiger partial charge in [0.05, 0.1) is 17.4 Å². The van der Waals surface area contributed by atoms with Crippen LogP contribution in [0.2, 0.25) is 0 Å². The van der Waals surface area contributed by atoms with Crippen LogP contribution in [0.25, 0.3) is 0 Å². The number of hydrogen-bond donors (Lipinski definition) is 3. The minimum atomic E-state index is -1.04. The Labute approximate surface area is 112 Å². The summed E-state index contributed by atoms with van der Waals surface area (Å²) in [6.07, 6.45) is 3.40. The zero-order valence-electron chi connectivity index (χ0n) is 10.9. The maximum Gasteiger partial charge on any atom is 0.337 e. The number of nitrogens with two attached hydrogens (primary N) is 1. The molecule has 0 spiro atoms. The van der Waals surface area contributed by atoms with Crippen molar-refractivity contribution in [3.05, 3.63) is 17.8 Å². The first-order valence-electron chi connectivity index (χ1n) is 6.41. The summed E-state index contributed by atoms with van der Waals surface area (Å²) in [6.45, 7) is 3.65. The van der Waals surface area contributed by atoms with E-state index in [4.69, 9.17) is 15.6 Å². The topological polar surface area (TPSA) is 97.5 Å². The molecule has 1 atom stereocenters. The van der Waals surface area contributed by atoms with Crippen molar-refractivity contribution in [1.82, 2.24) is 4.98 Å². The first kappa shape index (κ1) is 13.6. The van der Waals surface area contributed by atoms with Crippen LogP contribution in [0.15, 0.2) is 12.3 Å². The Bertz CT molecular complexity index is 458. The second-order valence-electron chi connectivity index (χ2n) is 4.84. The molecule has 6 nitrogen and oxygen atoms in total. The molecule has 6 heteroatoms. The number of nitrogens with one attached hydrogen (secondary N) is 1. The smallest absolute Gasteiger partial charge is 0.337 e. The number of carbonyl (C=O) groups is 1. The molecule has 1 saturated heterocycles. The summed E-state index contributed by atoms with van der Waals surface area (Å²) in [7, 11) is 0. The highest BCUT2D eigenvalue weighted by Crippen LogP contribution is 2.22. The molecule has 2 heterocycles. The fourth-order valence-corrected chi connectivity index (χ4v) is 2.30. The molecule has 1 fully saturated rings. The lowest BCUT2D eigenvalue weighted by atomic mass is 9.93. The second kappa shape index (κ2) is 5.88.